The third-order valence-corrected chi connectivity index (χ3v) is 4.43. The Hall–Kier alpha value is -2.26. The lowest BCUT2D eigenvalue weighted by Gasteiger charge is -2.13. The molecule has 1 aliphatic rings. The molecule has 0 saturated carbocycles. The number of thiocarbonyl (C=S) groups is 1. The van der Waals surface area contributed by atoms with Crippen molar-refractivity contribution in [2.75, 3.05) is 6.54 Å². The van der Waals surface area contributed by atoms with Gasteiger partial charge in [-0.1, -0.05) is 24.0 Å². The molecular formula is C14H13NO6S2. The van der Waals surface area contributed by atoms with Gasteiger partial charge in [-0.05, 0) is 18.6 Å². The third-order valence-electron chi connectivity index (χ3n) is 3.06. The van der Waals surface area contributed by atoms with Crippen LogP contribution in [0.3, 0.4) is 0 Å². The Balaban J connectivity index is 2.18. The second-order valence-corrected chi connectivity index (χ2v) is 6.41. The average molecular weight is 355 g/mol. The second-order valence-electron chi connectivity index (χ2n) is 4.73. The van der Waals surface area contributed by atoms with Crippen LogP contribution in [0.15, 0.2) is 17.0 Å². The van der Waals surface area contributed by atoms with Crippen molar-refractivity contribution < 1.29 is 30.0 Å². The van der Waals surface area contributed by atoms with Crippen LogP contribution in [0.1, 0.15) is 18.4 Å². The summed E-state index contributed by atoms with van der Waals surface area (Å²) in [6, 6.07) is 2.09. The molecule has 0 radical (unpaired) electrons. The molecule has 7 nitrogen and oxygen atoms in total. The van der Waals surface area contributed by atoms with Gasteiger partial charge >= 0.3 is 5.97 Å². The summed E-state index contributed by atoms with van der Waals surface area (Å²) in [7, 11) is 0. The van der Waals surface area contributed by atoms with Gasteiger partial charge in [0.25, 0.3) is 5.91 Å². The Labute approximate surface area is 140 Å². The fourth-order valence-electron chi connectivity index (χ4n) is 1.92. The van der Waals surface area contributed by atoms with Gasteiger partial charge in [-0.3, -0.25) is 14.5 Å². The highest BCUT2D eigenvalue weighted by atomic mass is 32.2. The molecule has 0 spiro atoms. The van der Waals surface area contributed by atoms with E-state index in [0.29, 0.717) is 4.32 Å². The normalized spacial score (nSPS) is 16.3. The predicted molar refractivity (Wildman–Crippen MR) is 88.2 cm³/mol. The summed E-state index contributed by atoms with van der Waals surface area (Å²) in [4.78, 5) is 24.3. The van der Waals surface area contributed by atoms with Crippen molar-refractivity contribution in [2.45, 2.75) is 12.8 Å². The number of carbonyl (C=O) groups excluding carboxylic acids is 1. The summed E-state index contributed by atoms with van der Waals surface area (Å²) >= 11 is 6.12. The lowest BCUT2D eigenvalue weighted by molar-refractivity contribution is -0.137. The van der Waals surface area contributed by atoms with Gasteiger partial charge in [0.1, 0.15) is 10.1 Å². The van der Waals surface area contributed by atoms with Crippen molar-refractivity contribution in [3.05, 3.63) is 22.6 Å². The molecule has 4 N–H and O–H groups in total. The van der Waals surface area contributed by atoms with E-state index in [1.807, 2.05) is 0 Å². The van der Waals surface area contributed by atoms with E-state index in [4.69, 9.17) is 17.3 Å². The van der Waals surface area contributed by atoms with Crippen molar-refractivity contribution >= 4 is 46.3 Å². The van der Waals surface area contributed by atoms with Gasteiger partial charge in [0.05, 0.1) is 4.91 Å². The predicted octanol–water partition coefficient (Wildman–Crippen LogP) is 1.87. The van der Waals surface area contributed by atoms with Gasteiger partial charge < -0.3 is 20.4 Å². The largest absolute Gasteiger partial charge is 0.507 e. The molecule has 1 heterocycles. The zero-order valence-electron chi connectivity index (χ0n) is 11.7. The van der Waals surface area contributed by atoms with Gasteiger partial charge in [-0.25, -0.2) is 0 Å². The van der Waals surface area contributed by atoms with Gasteiger partial charge in [-0.2, -0.15) is 0 Å². The Morgan fingerprint density at radius 2 is 1.87 bits per heavy atom. The number of phenols is 3. The number of amides is 1. The van der Waals surface area contributed by atoms with Gasteiger partial charge in [-0.15, -0.1) is 0 Å². The van der Waals surface area contributed by atoms with Crippen LogP contribution < -0.4 is 0 Å². The number of nitrogens with zero attached hydrogens (tertiary/aromatic N) is 1. The first-order chi connectivity index (χ1) is 10.8. The van der Waals surface area contributed by atoms with E-state index in [0.717, 1.165) is 23.9 Å². The van der Waals surface area contributed by atoms with Crippen molar-refractivity contribution in [3.63, 3.8) is 0 Å². The number of thioether (sulfide) groups is 1. The number of carboxylic acid groups (broad SMARTS) is 1. The second kappa shape index (κ2) is 6.88. The van der Waals surface area contributed by atoms with E-state index in [1.54, 1.807) is 0 Å². The number of rotatable bonds is 5. The van der Waals surface area contributed by atoms with E-state index in [9.17, 15) is 24.9 Å². The van der Waals surface area contributed by atoms with Crippen LogP contribution in [0.4, 0.5) is 0 Å². The third kappa shape index (κ3) is 3.93. The maximum atomic E-state index is 12.3. The number of hydrogen-bond donors (Lipinski definition) is 4. The molecular weight excluding hydrogens is 342 g/mol. The molecule has 1 aromatic carbocycles. The number of hydrogen-bond acceptors (Lipinski definition) is 7. The highest BCUT2D eigenvalue weighted by molar-refractivity contribution is 8.26. The Bertz CT molecular complexity index is 715. The number of carboxylic acids is 1. The van der Waals surface area contributed by atoms with E-state index < -0.39 is 23.4 Å². The molecule has 1 fully saturated rings. The SMILES string of the molecule is O=C(O)CCCN1C(=O)C(=Cc2cc(O)c(O)cc2O)SC1=S. The fraction of sp³-hybridized carbons (Fsp3) is 0.214. The summed E-state index contributed by atoms with van der Waals surface area (Å²) in [6.07, 6.45) is 1.56. The van der Waals surface area contributed by atoms with Crippen LogP contribution in [-0.4, -0.2) is 48.1 Å². The number of phenolic OH excluding ortho intramolecular Hbond substituents is 3. The first-order valence-electron chi connectivity index (χ1n) is 6.51. The molecule has 1 saturated heterocycles. The quantitative estimate of drug-likeness (QED) is 0.274. The zero-order chi connectivity index (χ0) is 17.1. The Morgan fingerprint density at radius 3 is 2.52 bits per heavy atom. The smallest absolute Gasteiger partial charge is 0.303 e. The first kappa shape index (κ1) is 17.1. The molecule has 1 amide bonds. The summed E-state index contributed by atoms with van der Waals surface area (Å²) in [5.41, 5.74) is 0.159. The molecule has 9 heteroatoms. The first-order valence-corrected chi connectivity index (χ1v) is 7.74. The van der Waals surface area contributed by atoms with Crippen molar-refractivity contribution in [1.29, 1.82) is 0 Å². The average Bonchev–Trinajstić information content (AvgIpc) is 2.72. The molecule has 0 aliphatic carbocycles. The lowest BCUT2D eigenvalue weighted by Crippen LogP contribution is -2.29. The summed E-state index contributed by atoms with van der Waals surface area (Å²) in [6.45, 7) is 0.196. The maximum absolute atomic E-state index is 12.3. The van der Waals surface area contributed by atoms with Gasteiger partial charge in [0.2, 0.25) is 0 Å². The Kier molecular flexibility index (Phi) is 5.12. The van der Waals surface area contributed by atoms with Crippen molar-refractivity contribution in [3.8, 4) is 17.2 Å². The van der Waals surface area contributed by atoms with Crippen molar-refractivity contribution in [1.82, 2.24) is 4.90 Å². The number of benzene rings is 1. The van der Waals surface area contributed by atoms with E-state index in [1.165, 1.54) is 11.0 Å². The monoisotopic (exact) mass is 355 g/mol. The summed E-state index contributed by atoms with van der Waals surface area (Å²) < 4.78 is 0.300. The van der Waals surface area contributed by atoms with Crippen LogP contribution in [0.5, 0.6) is 17.2 Å². The van der Waals surface area contributed by atoms with E-state index in [-0.39, 0.29) is 35.6 Å². The Morgan fingerprint density at radius 1 is 1.22 bits per heavy atom. The molecule has 0 aromatic heterocycles. The van der Waals surface area contributed by atoms with Gasteiger partial charge in [0.15, 0.2) is 11.5 Å². The summed E-state index contributed by atoms with van der Waals surface area (Å²) in [5.74, 6) is -2.53. The zero-order valence-corrected chi connectivity index (χ0v) is 13.4. The molecule has 0 unspecified atom stereocenters. The summed E-state index contributed by atoms with van der Waals surface area (Å²) in [5, 5.41) is 37.1. The molecule has 0 atom stereocenters. The fourth-order valence-corrected chi connectivity index (χ4v) is 3.22. The van der Waals surface area contributed by atoms with E-state index >= 15 is 0 Å². The van der Waals surface area contributed by atoms with Crippen LogP contribution in [-0.2, 0) is 9.59 Å². The minimum atomic E-state index is -0.949. The number of carbonyl (C=O) groups is 2. The molecule has 122 valence electrons. The molecule has 0 bridgehead atoms. The van der Waals surface area contributed by atoms with Crippen LogP contribution in [0.2, 0.25) is 0 Å². The maximum Gasteiger partial charge on any atom is 0.303 e. The number of aliphatic carboxylic acids is 1. The van der Waals surface area contributed by atoms with Crippen LogP contribution in [0.25, 0.3) is 6.08 Å². The minimum absolute atomic E-state index is 0.0667. The van der Waals surface area contributed by atoms with Crippen LogP contribution in [0, 0.1) is 0 Å². The molecule has 23 heavy (non-hydrogen) atoms. The molecule has 2 rings (SSSR count). The topological polar surface area (TPSA) is 118 Å². The van der Waals surface area contributed by atoms with E-state index in [2.05, 4.69) is 0 Å². The van der Waals surface area contributed by atoms with Crippen molar-refractivity contribution in [2.24, 2.45) is 0 Å². The highest BCUT2D eigenvalue weighted by Crippen LogP contribution is 2.37. The van der Waals surface area contributed by atoms with Gasteiger partial charge in [0, 0.05) is 24.6 Å². The number of aromatic hydroxyl groups is 3. The highest BCUT2D eigenvalue weighted by Gasteiger charge is 2.31. The lowest BCUT2D eigenvalue weighted by atomic mass is 10.1. The standard InChI is InChI=1S/C14H13NO6S2/c16-8-6-10(18)9(17)4-7(8)5-11-13(21)15(14(22)23-11)3-1-2-12(19)20/h4-6,16-18H,1-3H2,(H,19,20). The van der Waals surface area contributed by atoms with Crippen LogP contribution >= 0.6 is 24.0 Å². The minimum Gasteiger partial charge on any atom is -0.507 e. The molecule has 1 aromatic rings. The molecule has 1 aliphatic heterocycles.